The monoisotopic (exact) mass is 714 g/mol. The molecule has 3 heterocycles. The summed E-state index contributed by atoms with van der Waals surface area (Å²) in [7, 11) is 0. The molecule has 0 aromatic heterocycles. The number of fused-ring (bicyclic) bond motifs is 1. The van der Waals surface area contributed by atoms with Crippen molar-refractivity contribution in [2.45, 2.75) is 84.0 Å². The van der Waals surface area contributed by atoms with Crippen LogP contribution in [0, 0.1) is 0 Å². The lowest BCUT2D eigenvalue weighted by Crippen LogP contribution is -2.43. The number of rotatable bonds is 4. The lowest BCUT2D eigenvalue weighted by atomic mass is 9.61. The lowest BCUT2D eigenvalue weighted by molar-refractivity contribution is 0.566. The van der Waals surface area contributed by atoms with Crippen molar-refractivity contribution in [1.29, 1.82) is 0 Å². The molecule has 0 spiro atoms. The van der Waals surface area contributed by atoms with Gasteiger partial charge in [0.25, 0.3) is 0 Å². The molecule has 0 amide bonds. The van der Waals surface area contributed by atoms with E-state index >= 15 is 0 Å². The highest BCUT2D eigenvalue weighted by Gasteiger charge is 2.51. The largest absolute Gasteiger partial charge is 0.310 e. The molecular formula is C53H50N2. The van der Waals surface area contributed by atoms with Crippen LogP contribution in [0.1, 0.15) is 101 Å². The van der Waals surface area contributed by atoms with Crippen molar-refractivity contribution >= 4 is 44.9 Å². The zero-order valence-corrected chi connectivity index (χ0v) is 33.7. The summed E-state index contributed by atoms with van der Waals surface area (Å²) in [4.78, 5) is 5.15. The van der Waals surface area contributed by atoms with Crippen LogP contribution >= 0.6 is 0 Å². The molecule has 3 aliphatic rings. The molecule has 0 saturated carbocycles. The maximum atomic E-state index is 2.66. The molecule has 0 unspecified atom stereocenters. The highest BCUT2D eigenvalue weighted by atomic mass is 15.2. The van der Waals surface area contributed by atoms with Crippen LogP contribution in [0.15, 0.2) is 140 Å². The van der Waals surface area contributed by atoms with E-state index in [1.165, 1.54) is 83.6 Å². The molecule has 0 atom stereocenters. The van der Waals surface area contributed by atoms with E-state index in [9.17, 15) is 0 Å². The van der Waals surface area contributed by atoms with Gasteiger partial charge in [-0.05, 0) is 103 Å². The first-order valence-electron chi connectivity index (χ1n) is 19.9. The van der Waals surface area contributed by atoms with Gasteiger partial charge in [0, 0.05) is 33.3 Å². The van der Waals surface area contributed by atoms with Crippen LogP contribution in [-0.4, -0.2) is 0 Å². The van der Waals surface area contributed by atoms with Crippen molar-refractivity contribution in [3.05, 3.63) is 178 Å². The van der Waals surface area contributed by atoms with Crippen LogP contribution in [0.3, 0.4) is 0 Å². The third-order valence-electron chi connectivity index (χ3n) is 13.4. The Bertz CT molecular complexity index is 2610. The second-order valence-electron chi connectivity index (χ2n) is 18.7. The Labute approximate surface area is 327 Å². The SMILES string of the molecule is CC(C)(C)c1ccc(N(c2ccc(-c3cccc4ccccc34)cc2)c2cc3c4c(c2)C(C)(C)c2cccc5c2N4c2c(cccc2C3(C)C)C5(C)C)cc1. The van der Waals surface area contributed by atoms with E-state index in [2.05, 4.69) is 212 Å². The van der Waals surface area contributed by atoms with E-state index < -0.39 is 0 Å². The fourth-order valence-corrected chi connectivity index (χ4v) is 10.1. The molecular weight excluding hydrogens is 665 g/mol. The van der Waals surface area contributed by atoms with Gasteiger partial charge in [0.2, 0.25) is 0 Å². The fraction of sp³-hybridized carbons (Fsp3) is 0.245. The van der Waals surface area contributed by atoms with Gasteiger partial charge in [-0.1, -0.05) is 165 Å². The van der Waals surface area contributed by atoms with Gasteiger partial charge in [0.05, 0.1) is 17.1 Å². The Morgan fingerprint density at radius 3 is 1.40 bits per heavy atom. The van der Waals surface area contributed by atoms with Gasteiger partial charge in [0.15, 0.2) is 0 Å². The van der Waals surface area contributed by atoms with Crippen molar-refractivity contribution < 1.29 is 0 Å². The molecule has 0 bridgehead atoms. The molecule has 0 aliphatic carbocycles. The summed E-state index contributed by atoms with van der Waals surface area (Å²) >= 11 is 0. The maximum absolute atomic E-state index is 2.66. The van der Waals surface area contributed by atoms with Gasteiger partial charge in [0.1, 0.15) is 0 Å². The fourth-order valence-electron chi connectivity index (χ4n) is 10.1. The minimum atomic E-state index is -0.224. The van der Waals surface area contributed by atoms with Crippen LogP contribution in [0.5, 0.6) is 0 Å². The smallest absolute Gasteiger partial charge is 0.0545 e. The average molecular weight is 715 g/mol. The Morgan fingerprint density at radius 2 is 0.873 bits per heavy atom. The second-order valence-corrected chi connectivity index (χ2v) is 18.7. The molecule has 0 fully saturated rings. The highest BCUT2D eigenvalue weighted by Crippen LogP contribution is 2.66. The predicted octanol–water partition coefficient (Wildman–Crippen LogP) is 14.7. The van der Waals surface area contributed by atoms with Crippen molar-refractivity contribution in [3.63, 3.8) is 0 Å². The molecule has 7 aromatic carbocycles. The number of para-hydroxylation sites is 2. The summed E-state index contributed by atoms with van der Waals surface area (Å²) in [6, 6.07) is 52.9. The molecule has 272 valence electrons. The molecule has 3 aliphatic heterocycles. The Kier molecular flexibility index (Phi) is 6.93. The first-order chi connectivity index (χ1) is 26.2. The van der Waals surface area contributed by atoms with Gasteiger partial charge in [-0.15, -0.1) is 0 Å². The quantitative estimate of drug-likeness (QED) is 0.179. The molecule has 55 heavy (non-hydrogen) atoms. The van der Waals surface area contributed by atoms with Gasteiger partial charge in [-0.3, -0.25) is 0 Å². The van der Waals surface area contributed by atoms with E-state index in [4.69, 9.17) is 0 Å². The first-order valence-corrected chi connectivity index (χ1v) is 19.9. The van der Waals surface area contributed by atoms with Gasteiger partial charge in [-0.2, -0.15) is 0 Å². The van der Waals surface area contributed by atoms with Crippen LogP contribution in [0.2, 0.25) is 0 Å². The zero-order chi connectivity index (χ0) is 38.2. The summed E-state index contributed by atoms with van der Waals surface area (Å²) in [5.74, 6) is 0. The van der Waals surface area contributed by atoms with Crippen LogP contribution in [0.4, 0.5) is 34.1 Å². The number of anilines is 6. The van der Waals surface area contributed by atoms with Crippen molar-refractivity contribution in [2.75, 3.05) is 9.80 Å². The Morgan fingerprint density at radius 1 is 0.436 bits per heavy atom. The average Bonchev–Trinajstić information content (AvgIpc) is 3.17. The third kappa shape index (κ3) is 4.67. The van der Waals surface area contributed by atoms with Crippen molar-refractivity contribution in [2.24, 2.45) is 0 Å². The molecule has 0 radical (unpaired) electrons. The number of hydrogen-bond acceptors (Lipinski definition) is 2. The van der Waals surface area contributed by atoms with Crippen molar-refractivity contribution in [1.82, 2.24) is 0 Å². The summed E-state index contributed by atoms with van der Waals surface area (Å²) in [6.07, 6.45) is 0. The minimum absolute atomic E-state index is 0.0645. The summed E-state index contributed by atoms with van der Waals surface area (Å²) < 4.78 is 0. The van der Waals surface area contributed by atoms with Crippen molar-refractivity contribution in [3.8, 4) is 11.1 Å². The predicted molar refractivity (Wildman–Crippen MR) is 234 cm³/mol. The van der Waals surface area contributed by atoms with Gasteiger partial charge in [-0.25, -0.2) is 0 Å². The van der Waals surface area contributed by atoms with E-state index in [0.29, 0.717) is 0 Å². The molecule has 2 nitrogen and oxygen atoms in total. The summed E-state index contributed by atoms with van der Waals surface area (Å²) in [5.41, 5.74) is 19.3. The zero-order valence-electron chi connectivity index (χ0n) is 33.7. The van der Waals surface area contributed by atoms with E-state index in [1.54, 1.807) is 0 Å². The number of nitrogens with zero attached hydrogens (tertiary/aromatic N) is 2. The van der Waals surface area contributed by atoms with Crippen LogP contribution < -0.4 is 9.80 Å². The molecule has 0 N–H and O–H groups in total. The van der Waals surface area contributed by atoms with E-state index in [-0.39, 0.29) is 21.7 Å². The Balaban J connectivity index is 1.22. The normalized spacial score (nSPS) is 16.5. The molecule has 10 rings (SSSR count). The maximum Gasteiger partial charge on any atom is 0.0545 e. The summed E-state index contributed by atoms with van der Waals surface area (Å²) in [5, 5.41) is 2.54. The first kappa shape index (κ1) is 33.9. The van der Waals surface area contributed by atoms with E-state index in [0.717, 1.165) is 11.4 Å². The Hall–Kier alpha value is -5.60. The lowest BCUT2D eigenvalue weighted by Gasteiger charge is -2.55. The minimum Gasteiger partial charge on any atom is -0.310 e. The molecule has 2 heteroatoms. The van der Waals surface area contributed by atoms with Gasteiger partial charge < -0.3 is 9.80 Å². The molecule has 0 saturated heterocycles. The number of hydrogen-bond donors (Lipinski definition) is 0. The standard InChI is InChI=1S/C53H50N2/c1-50(2,3)35-25-29-37(30-26-35)54(36-27-23-34(24-28-36)40-18-12-16-33-15-10-11-17-39(33)40)38-31-45-49-46(32-38)53(8,9)44-22-14-20-42-48(44)55(49)47-41(51(42,4)5)19-13-21-43(47)52(45,6)7/h10-32H,1-9H3. The second kappa shape index (κ2) is 11.2. The van der Waals surface area contributed by atoms with E-state index in [1.807, 2.05) is 0 Å². The molecule has 7 aromatic rings. The summed E-state index contributed by atoms with van der Waals surface area (Å²) in [6.45, 7) is 21.5. The van der Waals surface area contributed by atoms with Crippen LogP contribution in [0.25, 0.3) is 21.9 Å². The highest BCUT2D eigenvalue weighted by molar-refractivity contribution is 6.00. The van der Waals surface area contributed by atoms with Crippen LogP contribution in [-0.2, 0) is 21.7 Å². The van der Waals surface area contributed by atoms with Gasteiger partial charge >= 0.3 is 0 Å². The number of benzene rings is 7. The topological polar surface area (TPSA) is 6.48 Å². The third-order valence-corrected chi connectivity index (χ3v) is 13.4.